The fourth-order valence-electron chi connectivity index (χ4n) is 5.95. The van der Waals surface area contributed by atoms with Crippen LogP contribution in [0.4, 0.5) is 23.7 Å². The molecule has 3 heterocycles. The van der Waals surface area contributed by atoms with Crippen molar-refractivity contribution in [2.24, 2.45) is 0 Å². The van der Waals surface area contributed by atoms with E-state index in [0.29, 0.717) is 42.1 Å². The maximum Gasteiger partial charge on any atom is 0.411 e. The van der Waals surface area contributed by atoms with Crippen molar-refractivity contribution in [2.45, 2.75) is 63.3 Å². The summed E-state index contributed by atoms with van der Waals surface area (Å²) < 4.78 is 47.8. The number of urea groups is 1. The van der Waals surface area contributed by atoms with Crippen LogP contribution in [-0.2, 0) is 0 Å². The van der Waals surface area contributed by atoms with Gasteiger partial charge in [0, 0.05) is 31.2 Å². The average Bonchev–Trinajstić information content (AvgIpc) is 3.17. The molecule has 2 aromatic rings. The highest BCUT2D eigenvalue weighted by Gasteiger charge is 2.66. The van der Waals surface area contributed by atoms with Gasteiger partial charge < -0.3 is 24.5 Å². The van der Waals surface area contributed by atoms with Crippen molar-refractivity contribution in [1.29, 1.82) is 0 Å². The number of carbonyl (C=O) groups is 2. The number of aromatic carboxylic acids is 1. The third-order valence-corrected chi connectivity index (χ3v) is 8.11. The molecule has 5 rings (SSSR count). The van der Waals surface area contributed by atoms with Crippen LogP contribution in [-0.4, -0.2) is 81.9 Å². The number of anilines is 1. The topological polar surface area (TPSA) is 86.2 Å². The van der Waals surface area contributed by atoms with Gasteiger partial charge in [-0.05, 0) is 56.9 Å². The number of piperazine rings is 1. The van der Waals surface area contributed by atoms with E-state index in [-0.39, 0.29) is 44.2 Å². The molecule has 0 unspecified atom stereocenters. The number of carboxylic acid groups (broad SMARTS) is 1. The van der Waals surface area contributed by atoms with Crippen molar-refractivity contribution in [3.05, 3.63) is 42.1 Å². The van der Waals surface area contributed by atoms with E-state index < -0.39 is 29.8 Å². The molecule has 1 aliphatic carbocycles. The highest BCUT2D eigenvalue weighted by molar-refractivity contribution is 5.93. The first kappa shape index (κ1) is 26.1. The number of pyridine rings is 1. The number of aromatic nitrogens is 1. The molecule has 0 spiro atoms. The van der Waals surface area contributed by atoms with Crippen molar-refractivity contribution in [3.63, 3.8) is 0 Å². The molecule has 3 aliphatic rings. The Balaban J connectivity index is 1.47. The summed E-state index contributed by atoms with van der Waals surface area (Å²) in [7, 11) is 0. The SMILES string of the molecule is CCOc1ccccc1-c1ccc(N2C[C@H]3CN(C4(C(F)(F)F)CCC4)C(=O)N3C[C@H]2CC)c(C(=O)O)n1. The van der Waals surface area contributed by atoms with E-state index in [9.17, 15) is 27.9 Å². The lowest BCUT2D eigenvalue weighted by Crippen LogP contribution is -2.64. The Labute approximate surface area is 219 Å². The zero-order valence-electron chi connectivity index (χ0n) is 21.4. The van der Waals surface area contributed by atoms with Gasteiger partial charge in [-0.25, -0.2) is 14.6 Å². The number of rotatable bonds is 7. The fourth-order valence-corrected chi connectivity index (χ4v) is 5.95. The quantitative estimate of drug-likeness (QED) is 0.538. The lowest BCUT2D eigenvalue weighted by molar-refractivity contribution is -0.245. The molecule has 1 saturated carbocycles. The minimum atomic E-state index is -4.49. The molecule has 2 amide bonds. The first-order valence-corrected chi connectivity index (χ1v) is 13.0. The zero-order chi connectivity index (χ0) is 27.2. The number of carbonyl (C=O) groups excluding carboxylic acids is 1. The Hall–Kier alpha value is -3.50. The Morgan fingerprint density at radius 1 is 1.11 bits per heavy atom. The first-order valence-electron chi connectivity index (χ1n) is 13.0. The number of nitrogens with zero attached hydrogens (tertiary/aromatic N) is 4. The monoisotopic (exact) mass is 532 g/mol. The maximum absolute atomic E-state index is 14.0. The Morgan fingerprint density at radius 3 is 2.45 bits per heavy atom. The maximum atomic E-state index is 14.0. The lowest BCUT2D eigenvalue weighted by Gasteiger charge is -2.48. The third kappa shape index (κ3) is 4.12. The molecule has 38 heavy (non-hydrogen) atoms. The van der Waals surface area contributed by atoms with Gasteiger partial charge in [-0.15, -0.1) is 0 Å². The highest BCUT2D eigenvalue weighted by atomic mass is 19.4. The smallest absolute Gasteiger partial charge is 0.411 e. The van der Waals surface area contributed by atoms with Crippen LogP contribution in [0.25, 0.3) is 11.3 Å². The summed E-state index contributed by atoms with van der Waals surface area (Å²) in [5, 5.41) is 10.1. The van der Waals surface area contributed by atoms with Gasteiger partial charge in [0.2, 0.25) is 0 Å². The second kappa shape index (κ2) is 9.67. The Kier molecular flexibility index (Phi) is 6.65. The molecule has 8 nitrogen and oxygen atoms in total. The normalized spacial score (nSPS) is 22.8. The number of ether oxygens (including phenoxy) is 1. The van der Waals surface area contributed by atoms with Crippen molar-refractivity contribution < 1.29 is 32.6 Å². The van der Waals surface area contributed by atoms with Crippen LogP contribution >= 0.6 is 0 Å². The average molecular weight is 533 g/mol. The van der Waals surface area contributed by atoms with E-state index >= 15 is 0 Å². The number of halogens is 3. The predicted octanol–water partition coefficient (Wildman–Crippen LogP) is 5.04. The molecule has 0 radical (unpaired) electrons. The summed E-state index contributed by atoms with van der Waals surface area (Å²) in [4.78, 5) is 34.5. The number of alkyl halides is 3. The van der Waals surface area contributed by atoms with Gasteiger partial charge in [-0.1, -0.05) is 19.1 Å². The number of carboxylic acids is 1. The number of para-hydroxylation sites is 1. The van der Waals surface area contributed by atoms with Crippen molar-refractivity contribution in [2.75, 3.05) is 31.1 Å². The largest absolute Gasteiger partial charge is 0.493 e. The van der Waals surface area contributed by atoms with E-state index in [1.165, 1.54) is 4.90 Å². The van der Waals surface area contributed by atoms with Crippen LogP contribution < -0.4 is 9.64 Å². The standard InChI is InChI=1S/C27H31F3N4O4/c1-3-17-14-33-18(16-34(25(33)37)26(12-7-13-26)27(28,29)30)15-32(17)21-11-10-20(31-23(21)24(35)36)19-8-5-6-9-22(19)38-4-2/h5-6,8-11,17-18H,3-4,7,12-16H2,1-2H3,(H,35,36)/t17-,18+/m1/s1. The minimum Gasteiger partial charge on any atom is -0.493 e. The minimum absolute atomic E-state index is 0.0407. The van der Waals surface area contributed by atoms with Gasteiger partial charge in [0.1, 0.15) is 11.3 Å². The van der Waals surface area contributed by atoms with Gasteiger partial charge in [0.25, 0.3) is 0 Å². The second-order valence-corrected chi connectivity index (χ2v) is 10.1. The Morgan fingerprint density at radius 2 is 1.84 bits per heavy atom. The summed E-state index contributed by atoms with van der Waals surface area (Å²) in [5.41, 5.74) is -0.747. The van der Waals surface area contributed by atoms with Gasteiger partial charge >= 0.3 is 18.2 Å². The molecule has 2 saturated heterocycles. The Bertz CT molecular complexity index is 1230. The van der Waals surface area contributed by atoms with Crippen molar-refractivity contribution in [1.82, 2.24) is 14.8 Å². The molecule has 2 aliphatic heterocycles. The summed E-state index contributed by atoms with van der Waals surface area (Å²) in [6.45, 7) is 4.62. The number of hydrogen-bond acceptors (Lipinski definition) is 5. The molecule has 2 atom stereocenters. The van der Waals surface area contributed by atoms with Gasteiger partial charge in [0.15, 0.2) is 5.69 Å². The van der Waals surface area contributed by atoms with E-state index in [0.717, 1.165) is 4.90 Å². The summed E-state index contributed by atoms with van der Waals surface area (Å²) in [6, 6.07) is 9.35. The van der Waals surface area contributed by atoms with Crippen LogP contribution in [0.3, 0.4) is 0 Å². The van der Waals surface area contributed by atoms with E-state index in [1.54, 1.807) is 18.2 Å². The zero-order valence-corrected chi connectivity index (χ0v) is 21.4. The second-order valence-electron chi connectivity index (χ2n) is 10.1. The van der Waals surface area contributed by atoms with Crippen LogP contribution in [0.5, 0.6) is 5.75 Å². The molecule has 1 aromatic carbocycles. The van der Waals surface area contributed by atoms with Crippen molar-refractivity contribution in [3.8, 4) is 17.0 Å². The number of fused-ring (bicyclic) bond motifs is 1. The van der Waals surface area contributed by atoms with Crippen LogP contribution in [0.15, 0.2) is 36.4 Å². The molecular weight excluding hydrogens is 501 g/mol. The van der Waals surface area contributed by atoms with Gasteiger partial charge in [-0.2, -0.15) is 13.2 Å². The molecule has 1 aromatic heterocycles. The fraction of sp³-hybridized carbons (Fsp3) is 0.519. The molecule has 11 heteroatoms. The van der Waals surface area contributed by atoms with E-state index in [1.807, 2.05) is 36.9 Å². The van der Waals surface area contributed by atoms with Crippen LogP contribution in [0.1, 0.15) is 50.0 Å². The summed E-state index contributed by atoms with van der Waals surface area (Å²) in [5.74, 6) is -0.617. The first-order chi connectivity index (χ1) is 18.1. The van der Waals surface area contributed by atoms with Crippen LogP contribution in [0.2, 0.25) is 0 Å². The summed E-state index contributed by atoms with van der Waals surface area (Å²) in [6.07, 6.45) is -3.64. The molecule has 204 valence electrons. The number of benzene rings is 1. The summed E-state index contributed by atoms with van der Waals surface area (Å²) >= 11 is 0. The lowest BCUT2D eigenvalue weighted by atomic mass is 9.74. The third-order valence-electron chi connectivity index (χ3n) is 8.11. The molecular formula is C27H31F3N4O4. The number of amides is 2. The van der Waals surface area contributed by atoms with E-state index in [2.05, 4.69) is 4.98 Å². The van der Waals surface area contributed by atoms with Crippen LogP contribution in [0, 0.1) is 0 Å². The molecule has 1 N–H and O–H groups in total. The molecule has 3 fully saturated rings. The van der Waals surface area contributed by atoms with E-state index in [4.69, 9.17) is 4.74 Å². The van der Waals surface area contributed by atoms with Gasteiger partial charge in [-0.3, -0.25) is 0 Å². The van der Waals surface area contributed by atoms with Crippen molar-refractivity contribution >= 4 is 17.7 Å². The molecule has 0 bridgehead atoms. The number of hydrogen-bond donors (Lipinski definition) is 1. The predicted molar refractivity (Wildman–Crippen MR) is 134 cm³/mol. The van der Waals surface area contributed by atoms with Gasteiger partial charge in [0.05, 0.1) is 24.0 Å². The highest BCUT2D eigenvalue weighted by Crippen LogP contribution is 2.51.